The number of aliphatic hydroxyl groups is 1. The van der Waals surface area contributed by atoms with Crippen LogP contribution in [0, 0.1) is 0 Å². The molecule has 1 aliphatic carbocycles. The average Bonchev–Trinajstić information content (AvgIpc) is 2.88. The summed E-state index contributed by atoms with van der Waals surface area (Å²) in [5.41, 5.74) is 2.12. The number of benzene rings is 1. The first-order valence-electron chi connectivity index (χ1n) is 7.82. The fourth-order valence-corrected chi connectivity index (χ4v) is 2.85. The Morgan fingerprint density at radius 2 is 2.17 bits per heavy atom. The van der Waals surface area contributed by atoms with Gasteiger partial charge in [-0.2, -0.15) is 0 Å². The van der Waals surface area contributed by atoms with E-state index < -0.39 is 6.10 Å². The van der Waals surface area contributed by atoms with Gasteiger partial charge in [0, 0.05) is 19.0 Å². The molecule has 1 aromatic heterocycles. The van der Waals surface area contributed by atoms with Gasteiger partial charge in [-0.1, -0.05) is 24.3 Å². The summed E-state index contributed by atoms with van der Waals surface area (Å²) in [7, 11) is 0. The maximum absolute atomic E-state index is 12.1. The lowest BCUT2D eigenvalue weighted by molar-refractivity contribution is -0.122. The van der Waals surface area contributed by atoms with Gasteiger partial charge in [0.2, 0.25) is 5.91 Å². The smallest absolute Gasteiger partial charge is 0.220 e. The normalized spacial score (nSPS) is 19.2. The molecule has 0 saturated carbocycles. The summed E-state index contributed by atoms with van der Waals surface area (Å²) < 4.78 is 5.51. The van der Waals surface area contributed by atoms with E-state index in [9.17, 15) is 9.90 Å². The Hall–Kier alpha value is -2.40. The van der Waals surface area contributed by atoms with Crippen molar-refractivity contribution in [3.8, 4) is 5.75 Å². The van der Waals surface area contributed by atoms with E-state index in [0.717, 1.165) is 11.1 Å². The van der Waals surface area contributed by atoms with E-state index in [1.54, 1.807) is 18.5 Å². The van der Waals surface area contributed by atoms with Crippen molar-refractivity contribution in [3.05, 3.63) is 59.9 Å². The molecule has 2 N–H and O–H groups in total. The lowest BCUT2D eigenvalue weighted by Gasteiger charge is -2.18. The van der Waals surface area contributed by atoms with E-state index in [1.165, 1.54) is 0 Å². The molecular formula is C18H20N2O3. The summed E-state index contributed by atoms with van der Waals surface area (Å²) in [4.78, 5) is 16.0. The third-order valence-corrected chi connectivity index (χ3v) is 3.97. The number of amides is 1. The van der Waals surface area contributed by atoms with E-state index in [1.807, 2.05) is 30.3 Å². The first-order valence-corrected chi connectivity index (χ1v) is 7.82. The van der Waals surface area contributed by atoms with Crippen molar-refractivity contribution >= 4 is 5.91 Å². The highest BCUT2D eigenvalue weighted by Gasteiger charge is 2.31. The number of aromatic nitrogens is 1. The molecule has 5 nitrogen and oxygen atoms in total. The predicted octanol–water partition coefficient (Wildman–Crippen LogP) is 2.02. The van der Waals surface area contributed by atoms with Gasteiger partial charge in [-0.15, -0.1) is 0 Å². The van der Waals surface area contributed by atoms with Gasteiger partial charge in [0.05, 0.1) is 24.9 Å². The third kappa shape index (κ3) is 3.87. The molecule has 0 bridgehead atoms. The van der Waals surface area contributed by atoms with Crippen LogP contribution < -0.4 is 10.1 Å². The van der Waals surface area contributed by atoms with Gasteiger partial charge in [0.25, 0.3) is 0 Å². The number of pyridine rings is 1. The van der Waals surface area contributed by atoms with Crippen molar-refractivity contribution < 1.29 is 14.6 Å². The van der Waals surface area contributed by atoms with Crippen molar-refractivity contribution in [1.29, 1.82) is 0 Å². The summed E-state index contributed by atoms with van der Waals surface area (Å²) >= 11 is 0. The third-order valence-electron chi connectivity index (χ3n) is 3.97. The summed E-state index contributed by atoms with van der Waals surface area (Å²) in [5.74, 6) is 0.633. The Balaban J connectivity index is 1.45. The molecule has 2 unspecified atom stereocenters. The Kier molecular flexibility index (Phi) is 4.88. The molecule has 23 heavy (non-hydrogen) atoms. The Bertz CT molecular complexity index is 660. The topological polar surface area (TPSA) is 71.5 Å². The number of hydrogen-bond donors (Lipinski definition) is 2. The molecule has 1 aliphatic rings. The predicted molar refractivity (Wildman–Crippen MR) is 86.0 cm³/mol. The van der Waals surface area contributed by atoms with Gasteiger partial charge < -0.3 is 15.2 Å². The van der Waals surface area contributed by atoms with Crippen molar-refractivity contribution in [2.24, 2.45) is 0 Å². The zero-order valence-electron chi connectivity index (χ0n) is 12.8. The van der Waals surface area contributed by atoms with E-state index in [4.69, 9.17) is 4.74 Å². The minimum atomic E-state index is -0.553. The van der Waals surface area contributed by atoms with Crippen molar-refractivity contribution in [2.75, 3.05) is 6.61 Å². The van der Waals surface area contributed by atoms with Gasteiger partial charge >= 0.3 is 0 Å². The van der Waals surface area contributed by atoms with E-state index in [2.05, 4.69) is 10.3 Å². The molecule has 3 rings (SSSR count). The van der Waals surface area contributed by atoms with Crippen LogP contribution in [0.5, 0.6) is 5.75 Å². The molecular weight excluding hydrogens is 292 g/mol. The Labute approximate surface area is 135 Å². The number of nitrogens with one attached hydrogen (secondary N) is 1. The van der Waals surface area contributed by atoms with Crippen LogP contribution in [0.3, 0.4) is 0 Å². The van der Waals surface area contributed by atoms with Gasteiger partial charge in [-0.25, -0.2) is 0 Å². The highest BCUT2D eigenvalue weighted by Crippen LogP contribution is 2.31. The number of carbonyl (C=O) groups excluding carboxylic acids is 1. The number of carbonyl (C=O) groups is 1. The number of hydrogen-bond acceptors (Lipinski definition) is 4. The molecule has 120 valence electrons. The lowest BCUT2D eigenvalue weighted by Crippen LogP contribution is -2.33. The SMILES string of the molecule is O=C(CCCOc1cccnc1)NC1c2ccccc2CC1O. The monoisotopic (exact) mass is 312 g/mol. The number of aliphatic hydroxyl groups excluding tert-OH is 1. The van der Waals surface area contributed by atoms with Crippen molar-refractivity contribution in [1.82, 2.24) is 10.3 Å². The molecule has 5 heteroatoms. The van der Waals surface area contributed by atoms with Crippen molar-refractivity contribution in [2.45, 2.75) is 31.4 Å². The minimum absolute atomic E-state index is 0.0689. The maximum atomic E-state index is 12.1. The van der Waals surface area contributed by atoms with Crippen LogP contribution in [0.25, 0.3) is 0 Å². The van der Waals surface area contributed by atoms with Crippen molar-refractivity contribution in [3.63, 3.8) is 0 Å². The fourth-order valence-electron chi connectivity index (χ4n) is 2.85. The molecule has 1 heterocycles. The highest BCUT2D eigenvalue weighted by molar-refractivity contribution is 5.76. The molecule has 0 saturated heterocycles. The molecule has 0 aliphatic heterocycles. The van der Waals surface area contributed by atoms with Crippen LogP contribution in [0.1, 0.15) is 30.0 Å². The van der Waals surface area contributed by atoms with Gasteiger partial charge in [-0.3, -0.25) is 9.78 Å². The van der Waals surface area contributed by atoms with E-state index in [-0.39, 0.29) is 11.9 Å². The fraction of sp³-hybridized carbons (Fsp3) is 0.333. The summed E-state index contributed by atoms with van der Waals surface area (Å²) in [6.07, 6.45) is 4.35. The second-order valence-corrected chi connectivity index (χ2v) is 5.66. The molecule has 0 radical (unpaired) electrons. The molecule has 2 atom stereocenters. The summed E-state index contributed by atoms with van der Waals surface area (Å²) in [5, 5.41) is 13.1. The first-order chi connectivity index (χ1) is 11.2. The number of fused-ring (bicyclic) bond motifs is 1. The quantitative estimate of drug-likeness (QED) is 0.801. The zero-order valence-corrected chi connectivity index (χ0v) is 12.8. The van der Waals surface area contributed by atoms with Gasteiger partial charge in [0.1, 0.15) is 5.75 Å². The molecule has 0 spiro atoms. The first kappa shape index (κ1) is 15.5. The standard InChI is InChI=1S/C18H20N2O3/c21-16-11-13-5-1-2-7-15(13)18(16)20-17(22)8-4-10-23-14-6-3-9-19-12-14/h1-3,5-7,9,12,16,18,21H,4,8,10-11H2,(H,20,22). The molecule has 0 fully saturated rings. The Morgan fingerprint density at radius 3 is 3.00 bits per heavy atom. The lowest BCUT2D eigenvalue weighted by atomic mass is 10.1. The average molecular weight is 312 g/mol. The maximum Gasteiger partial charge on any atom is 0.220 e. The van der Waals surface area contributed by atoms with Crippen LogP contribution in [0.15, 0.2) is 48.8 Å². The summed E-state index contributed by atoms with van der Waals surface area (Å²) in [6.45, 7) is 0.461. The van der Waals surface area contributed by atoms with Gasteiger partial charge in [0.15, 0.2) is 0 Å². The van der Waals surface area contributed by atoms with E-state index in [0.29, 0.717) is 31.6 Å². The second kappa shape index (κ2) is 7.24. The number of ether oxygens (including phenoxy) is 1. The number of nitrogens with zero attached hydrogens (tertiary/aromatic N) is 1. The summed E-state index contributed by atoms with van der Waals surface area (Å²) in [6, 6.07) is 11.2. The highest BCUT2D eigenvalue weighted by atomic mass is 16.5. The zero-order chi connectivity index (χ0) is 16.1. The molecule has 1 amide bonds. The van der Waals surface area contributed by atoms with E-state index >= 15 is 0 Å². The van der Waals surface area contributed by atoms with Crippen LogP contribution in [-0.2, 0) is 11.2 Å². The van der Waals surface area contributed by atoms with Crippen LogP contribution in [0.2, 0.25) is 0 Å². The minimum Gasteiger partial charge on any atom is -0.492 e. The largest absolute Gasteiger partial charge is 0.492 e. The van der Waals surface area contributed by atoms with Crippen LogP contribution >= 0.6 is 0 Å². The Morgan fingerprint density at radius 1 is 1.30 bits per heavy atom. The van der Waals surface area contributed by atoms with Gasteiger partial charge in [-0.05, 0) is 29.7 Å². The second-order valence-electron chi connectivity index (χ2n) is 5.66. The van der Waals surface area contributed by atoms with Crippen LogP contribution in [-0.4, -0.2) is 28.7 Å². The van der Waals surface area contributed by atoms with Crippen LogP contribution in [0.4, 0.5) is 0 Å². The number of rotatable bonds is 6. The molecule has 2 aromatic rings. The molecule has 1 aromatic carbocycles.